The molecule has 5 heteroatoms. The quantitative estimate of drug-likeness (QED) is 0.922. The zero-order valence-corrected chi connectivity index (χ0v) is 11.3. The number of halogens is 1. The molecule has 0 aliphatic rings. The maximum absolute atomic E-state index is 13.3. The fourth-order valence-corrected chi connectivity index (χ4v) is 2.47. The molecular formula is C13H15FN2OS. The van der Waals surface area contributed by atoms with Crippen LogP contribution in [0.5, 0.6) is 5.75 Å². The second-order valence-electron chi connectivity index (χ2n) is 3.94. The summed E-state index contributed by atoms with van der Waals surface area (Å²) in [4.78, 5) is 4.53. The van der Waals surface area contributed by atoms with Crippen molar-refractivity contribution in [1.82, 2.24) is 10.3 Å². The molecule has 0 spiro atoms. The predicted molar refractivity (Wildman–Crippen MR) is 71.5 cm³/mol. The molecule has 0 bridgehead atoms. The molecule has 2 rings (SSSR count). The molecule has 1 aromatic heterocycles. The Hall–Kier alpha value is -1.46. The number of rotatable bonds is 4. The van der Waals surface area contributed by atoms with Gasteiger partial charge in [-0.2, -0.15) is 0 Å². The van der Waals surface area contributed by atoms with Gasteiger partial charge in [-0.15, -0.1) is 11.3 Å². The van der Waals surface area contributed by atoms with Crippen molar-refractivity contribution >= 4 is 11.3 Å². The average molecular weight is 266 g/mol. The molecule has 0 radical (unpaired) electrons. The predicted octanol–water partition coefficient (Wildman–Crippen LogP) is 3.24. The second kappa shape index (κ2) is 5.46. The summed E-state index contributed by atoms with van der Waals surface area (Å²) in [5, 5.41) is 6.01. The fraction of sp³-hybridized carbons (Fsp3) is 0.308. The summed E-state index contributed by atoms with van der Waals surface area (Å²) in [7, 11) is 3.35. The standard InChI is InChI=1S/C13H15FN2OS/c1-8(15-2)11-7-18-13(16-11)9-4-5-10(14)12(6-9)17-3/h4-8,15H,1-3H3. The van der Waals surface area contributed by atoms with E-state index < -0.39 is 0 Å². The van der Waals surface area contributed by atoms with E-state index in [9.17, 15) is 4.39 Å². The van der Waals surface area contributed by atoms with Gasteiger partial charge in [0.25, 0.3) is 0 Å². The van der Waals surface area contributed by atoms with Gasteiger partial charge in [0.1, 0.15) is 5.01 Å². The first-order valence-electron chi connectivity index (χ1n) is 5.62. The first-order valence-corrected chi connectivity index (χ1v) is 6.50. The largest absolute Gasteiger partial charge is 0.494 e. The second-order valence-corrected chi connectivity index (χ2v) is 4.80. The van der Waals surface area contributed by atoms with E-state index in [0.717, 1.165) is 16.3 Å². The first-order chi connectivity index (χ1) is 8.65. The van der Waals surface area contributed by atoms with E-state index in [0.29, 0.717) is 0 Å². The molecule has 1 atom stereocenters. The number of aromatic nitrogens is 1. The van der Waals surface area contributed by atoms with Crippen LogP contribution in [0.2, 0.25) is 0 Å². The zero-order chi connectivity index (χ0) is 13.1. The molecule has 96 valence electrons. The molecule has 2 aromatic rings. The van der Waals surface area contributed by atoms with Crippen LogP contribution in [0.25, 0.3) is 10.6 Å². The van der Waals surface area contributed by atoms with E-state index in [2.05, 4.69) is 10.3 Å². The number of thiazole rings is 1. The molecule has 0 saturated carbocycles. The molecular weight excluding hydrogens is 251 g/mol. The zero-order valence-electron chi connectivity index (χ0n) is 10.5. The van der Waals surface area contributed by atoms with Gasteiger partial charge in [-0.3, -0.25) is 0 Å². The van der Waals surface area contributed by atoms with Gasteiger partial charge in [0.15, 0.2) is 11.6 Å². The number of hydrogen-bond donors (Lipinski definition) is 1. The number of benzene rings is 1. The van der Waals surface area contributed by atoms with Crippen LogP contribution in [-0.2, 0) is 0 Å². The van der Waals surface area contributed by atoms with Crippen molar-refractivity contribution in [1.29, 1.82) is 0 Å². The highest BCUT2D eigenvalue weighted by atomic mass is 32.1. The van der Waals surface area contributed by atoms with Crippen LogP contribution in [0.15, 0.2) is 23.6 Å². The highest BCUT2D eigenvalue weighted by Crippen LogP contribution is 2.29. The van der Waals surface area contributed by atoms with Crippen LogP contribution in [0.3, 0.4) is 0 Å². The molecule has 0 fully saturated rings. The van der Waals surface area contributed by atoms with Gasteiger partial charge in [-0.1, -0.05) is 0 Å². The molecule has 0 saturated heterocycles. The summed E-state index contributed by atoms with van der Waals surface area (Å²) in [5.74, 6) is -0.118. The van der Waals surface area contributed by atoms with Gasteiger partial charge in [-0.05, 0) is 32.2 Å². The van der Waals surface area contributed by atoms with Crippen molar-refractivity contribution in [2.75, 3.05) is 14.2 Å². The summed E-state index contributed by atoms with van der Waals surface area (Å²) >= 11 is 1.54. The number of nitrogens with zero attached hydrogens (tertiary/aromatic N) is 1. The molecule has 0 aliphatic heterocycles. The Kier molecular flexibility index (Phi) is 3.93. The number of methoxy groups -OCH3 is 1. The summed E-state index contributed by atoms with van der Waals surface area (Å²) in [5.41, 5.74) is 1.86. The monoisotopic (exact) mass is 266 g/mol. The summed E-state index contributed by atoms with van der Waals surface area (Å²) < 4.78 is 18.3. The fourth-order valence-electron chi connectivity index (χ4n) is 1.56. The average Bonchev–Trinajstić information content (AvgIpc) is 2.88. The third-order valence-electron chi connectivity index (χ3n) is 2.80. The number of hydrogen-bond acceptors (Lipinski definition) is 4. The topological polar surface area (TPSA) is 34.1 Å². The Balaban J connectivity index is 2.34. The van der Waals surface area contributed by atoms with Gasteiger partial charge in [0.2, 0.25) is 0 Å². The molecule has 1 heterocycles. The third-order valence-corrected chi connectivity index (χ3v) is 3.71. The van der Waals surface area contributed by atoms with E-state index in [4.69, 9.17) is 4.74 Å². The van der Waals surface area contributed by atoms with Crippen molar-refractivity contribution in [3.63, 3.8) is 0 Å². The SMILES string of the molecule is CNC(C)c1csc(-c2ccc(F)c(OC)c2)n1. The van der Waals surface area contributed by atoms with Crippen LogP contribution in [0.4, 0.5) is 4.39 Å². The number of nitrogens with one attached hydrogen (secondary N) is 1. The lowest BCUT2D eigenvalue weighted by Gasteiger charge is -2.05. The lowest BCUT2D eigenvalue weighted by molar-refractivity contribution is 0.387. The molecule has 1 N–H and O–H groups in total. The minimum atomic E-state index is -0.360. The van der Waals surface area contributed by atoms with E-state index in [1.54, 1.807) is 23.5 Å². The molecule has 18 heavy (non-hydrogen) atoms. The number of ether oxygens (including phenoxy) is 1. The van der Waals surface area contributed by atoms with Gasteiger partial charge in [-0.25, -0.2) is 9.37 Å². The maximum Gasteiger partial charge on any atom is 0.165 e. The molecule has 1 aromatic carbocycles. The Morgan fingerprint density at radius 2 is 2.22 bits per heavy atom. The molecule has 0 aliphatic carbocycles. The van der Waals surface area contributed by atoms with Gasteiger partial charge < -0.3 is 10.1 Å². The Bertz CT molecular complexity index is 542. The van der Waals surface area contributed by atoms with Gasteiger partial charge in [0, 0.05) is 17.0 Å². The van der Waals surface area contributed by atoms with Gasteiger partial charge >= 0.3 is 0 Å². The smallest absolute Gasteiger partial charge is 0.165 e. The van der Waals surface area contributed by atoms with E-state index in [1.165, 1.54) is 13.2 Å². The minimum absolute atomic E-state index is 0.206. The highest BCUT2D eigenvalue weighted by Gasteiger charge is 2.11. The maximum atomic E-state index is 13.3. The van der Waals surface area contributed by atoms with Crippen LogP contribution >= 0.6 is 11.3 Å². The lowest BCUT2D eigenvalue weighted by atomic mass is 10.2. The Morgan fingerprint density at radius 3 is 2.89 bits per heavy atom. The van der Waals surface area contributed by atoms with Crippen LogP contribution in [-0.4, -0.2) is 19.1 Å². The van der Waals surface area contributed by atoms with Crippen LogP contribution in [0, 0.1) is 5.82 Å². The molecule has 1 unspecified atom stereocenters. The Morgan fingerprint density at radius 1 is 1.44 bits per heavy atom. The third kappa shape index (κ3) is 2.52. The Labute approximate surface area is 110 Å². The van der Waals surface area contributed by atoms with Crippen molar-refractivity contribution in [3.05, 3.63) is 35.1 Å². The molecule has 3 nitrogen and oxygen atoms in total. The minimum Gasteiger partial charge on any atom is -0.494 e. The van der Waals surface area contributed by atoms with Crippen molar-refractivity contribution < 1.29 is 9.13 Å². The van der Waals surface area contributed by atoms with Crippen LogP contribution in [0.1, 0.15) is 18.7 Å². The summed E-state index contributed by atoms with van der Waals surface area (Å²) in [6.07, 6.45) is 0. The van der Waals surface area contributed by atoms with Crippen LogP contribution < -0.4 is 10.1 Å². The first kappa shape index (κ1) is 13.0. The normalized spacial score (nSPS) is 12.4. The van der Waals surface area contributed by atoms with E-state index >= 15 is 0 Å². The lowest BCUT2D eigenvalue weighted by Crippen LogP contribution is -2.12. The van der Waals surface area contributed by atoms with E-state index in [-0.39, 0.29) is 17.6 Å². The highest BCUT2D eigenvalue weighted by molar-refractivity contribution is 7.13. The molecule has 0 amide bonds. The van der Waals surface area contributed by atoms with Gasteiger partial charge in [0.05, 0.1) is 12.8 Å². The van der Waals surface area contributed by atoms with Crippen molar-refractivity contribution in [2.45, 2.75) is 13.0 Å². The van der Waals surface area contributed by atoms with E-state index in [1.807, 2.05) is 19.4 Å². The summed E-state index contributed by atoms with van der Waals surface area (Å²) in [6, 6.07) is 4.99. The van der Waals surface area contributed by atoms with Crippen molar-refractivity contribution in [3.8, 4) is 16.3 Å². The van der Waals surface area contributed by atoms with Crippen molar-refractivity contribution in [2.24, 2.45) is 0 Å². The summed E-state index contributed by atoms with van der Waals surface area (Å²) in [6.45, 7) is 2.05.